The molecule has 1 N–H and O–H groups in total. The van der Waals surface area contributed by atoms with Crippen molar-refractivity contribution < 1.29 is 23.9 Å². The second-order valence-corrected chi connectivity index (χ2v) is 8.08. The predicted molar refractivity (Wildman–Crippen MR) is 121 cm³/mol. The fourth-order valence-electron chi connectivity index (χ4n) is 4.08. The molecule has 0 spiro atoms. The molecule has 0 aliphatic carbocycles. The number of hydrogen-bond acceptors (Lipinski definition) is 5. The number of nitrogens with zero attached hydrogens (tertiary/aromatic N) is 2. The number of fused-ring (bicyclic) bond motifs is 1. The molecule has 4 rings (SSSR count). The topological polar surface area (TPSA) is 97.7 Å². The number of nitrogens with one attached hydrogen (secondary N) is 1. The summed E-state index contributed by atoms with van der Waals surface area (Å²) < 4.78 is 6.70. The van der Waals surface area contributed by atoms with Crippen molar-refractivity contribution >= 4 is 34.5 Å². The average Bonchev–Trinajstić information content (AvgIpc) is 3.27. The largest absolute Gasteiger partial charge is 0.455 e. The van der Waals surface area contributed by atoms with Crippen LogP contribution >= 0.6 is 0 Å². The van der Waals surface area contributed by atoms with E-state index < -0.39 is 30.3 Å². The third-order valence-electron chi connectivity index (χ3n) is 5.91. The molecule has 1 aliphatic rings. The first-order valence-corrected chi connectivity index (χ1v) is 10.8. The van der Waals surface area contributed by atoms with E-state index in [-0.39, 0.29) is 5.91 Å². The van der Waals surface area contributed by atoms with Crippen molar-refractivity contribution in [1.29, 1.82) is 0 Å². The van der Waals surface area contributed by atoms with E-state index >= 15 is 0 Å². The molecule has 1 aliphatic heterocycles. The third kappa shape index (κ3) is 4.95. The summed E-state index contributed by atoms with van der Waals surface area (Å²) in [4.78, 5) is 51.2. The van der Waals surface area contributed by atoms with Gasteiger partial charge in [0.2, 0.25) is 0 Å². The molecule has 1 saturated heterocycles. The standard InChI is InChI=1S/C25H25N3O5/c1-27-13-5-10-21(27)23(30)26-22(29)16-33-25(32)18-11-14-28(15-12-18)24(31)20-9-4-7-17-6-2-3-8-19(17)20/h2-10,13,18H,11-12,14-16H2,1H3,(H,26,29,30). The third-order valence-corrected chi connectivity index (χ3v) is 5.91. The SMILES string of the molecule is Cn1cccc1C(=O)NC(=O)COC(=O)C1CCN(C(=O)c2cccc3ccccc23)CC1. The van der Waals surface area contributed by atoms with E-state index in [9.17, 15) is 19.2 Å². The van der Waals surface area contributed by atoms with E-state index in [0.717, 1.165) is 10.8 Å². The van der Waals surface area contributed by atoms with Gasteiger partial charge in [-0.05, 0) is 41.8 Å². The van der Waals surface area contributed by atoms with Gasteiger partial charge in [-0.15, -0.1) is 0 Å². The lowest BCUT2D eigenvalue weighted by Crippen LogP contribution is -2.41. The first kappa shape index (κ1) is 22.3. The van der Waals surface area contributed by atoms with Gasteiger partial charge in [-0.3, -0.25) is 24.5 Å². The van der Waals surface area contributed by atoms with Crippen molar-refractivity contribution in [1.82, 2.24) is 14.8 Å². The maximum Gasteiger partial charge on any atom is 0.309 e. The highest BCUT2D eigenvalue weighted by atomic mass is 16.5. The molecule has 8 nitrogen and oxygen atoms in total. The fraction of sp³-hybridized carbons (Fsp3) is 0.280. The number of imide groups is 1. The van der Waals surface area contributed by atoms with Gasteiger partial charge >= 0.3 is 5.97 Å². The quantitative estimate of drug-likeness (QED) is 0.606. The summed E-state index contributed by atoms with van der Waals surface area (Å²) in [6.45, 7) is 0.337. The van der Waals surface area contributed by atoms with Crippen LogP contribution < -0.4 is 5.32 Å². The second kappa shape index (κ2) is 9.68. The van der Waals surface area contributed by atoms with Crippen molar-refractivity contribution in [3.8, 4) is 0 Å². The maximum absolute atomic E-state index is 13.1. The van der Waals surface area contributed by atoms with Crippen LogP contribution in [0.5, 0.6) is 0 Å². The molecule has 0 bridgehead atoms. The molecule has 2 heterocycles. The molecule has 1 fully saturated rings. The Balaban J connectivity index is 1.26. The van der Waals surface area contributed by atoms with Crippen LogP contribution in [-0.4, -0.2) is 52.9 Å². The van der Waals surface area contributed by atoms with Gasteiger partial charge in [0.05, 0.1) is 5.92 Å². The summed E-state index contributed by atoms with van der Waals surface area (Å²) in [6, 6.07) is 16.7. The molecule has 8 heteroatoms. The van der Waals surface area contributed by atoms with Gasteiger partial charge < -0.3 is 14.2 Å². The molecular formula is C25H25N3O5. The van der Waals surface area contributed by atoms with Crippen LogP contribution in [0, 0.1) is 5.92 Å². The molecule has 3 aromatic rings. The Morgan fingerprint density at radius 1 is 0.970 bits per heavy atom. The van der Waals surface area contributed by atoms with E-state index in [2.05, 4.69) is 5.32 Å². The van der Waals surface area contributed by atoms with Gasteiger partial charge in [0.1, 0.15) is 5.69 Å². The van der Waals surface area contributed by atoms with E-state index in [4.69, 9.17) is 4.74 Å². The van der Waals surface area contributed by atoms with E-state index in [1.54, 1.807) is 34.8 Å². The van der Waals surface area contributed by atoms with Crippen LogP contribution in [0.15, 0.2) is 60.8 Å². The Bertz CT molecular complexity index is 1200. The van der Waals surface area contributed by atoms with Gasteiger partial charge in [0.15, 0.2) is 6.61 Å². The summed E-state index contributed by atoms with van der Waals surface area (Å²) in [5.41, 5.74) is 0.978. The van der Waals surface area contributed by atoms with Gasteiger partial charge in [-0.2, -0.15) is 0 Å². The molecule has 1 aromatic heterocycles. The highest BCUT2D eigenvalue weighted by Gasteiger charge is 2.29. The van der Waals surface area contributed by atoms with Crippen LogP contribution in [0.2, 0.25) is 0 Å². The Morgan fingerprint density at radius 2 is 1.70 bits per heavy atom. The summed E-state index contributed by atoms with van der Waals surface area (Å²) in [6.07, 6.45) is 2.61. The first-order chi connectivity index (χ1) is 15.9. The van der Waals surface area contributed by atoms with Crippen molar-refractivity contribution in [3.63, 3.8) is 0 Å². The number of aryl methyl sites for hydroxylation is 1. The van der Waals surface area contributed by atoms with Gasteiger partial charge in [-0.1, -0.05) is 36.4 Å². The Labute approximate surface area is 191 Å². The average molecular weight is 447 g/mol. The van der Waals surface area contributed by atoms with Crippen LogP contribution in [-0.2, 0) is 21.4 Å². The van der Waals surface area contributed by atoms with E-state index in [1.807, 2.05) is 42.5 Å². The first-order valence-electron chi connectivity index (χ1n) is 10.8. The van der Waals surface area contributed by atoms with Crippen molar-refractivity contribution in [2.75, 3.05) is 19.7 Å². The molecule has 0 saturated carbocycles. The Hall–Kier alpha value is -3.94. The molecular weight excluding hydrogens is 422 g/mol. The van der Waals surface area contributed by atoms with E-state index in [1.165, 1.54) is 0 Å². The summed E-state index contributed by atoms with van der Waals surface area (Å²) in [5, 5.41) is 4.12. The van der Waals surface area contributed by atoms with Gasteiger partial charge in [0.25, 0.3) is 17.7 Å². The number of ether oxygens (including phenoxy) is 1. The maximum atomic E-state index is 13.1. The summed E-state index contributed by atoms with van der Waals surface area (Å²) in [5.74, 6) is -2.18. The van der Waals surface area contributed by atoms with Gasteiger partial charge in [0, 0.05) is 31.9 Å². The number of piperidine rings is 1. The summed E-state index contributed by atoms with van der Waals surface area (Å²) in [7, 11) is 1.69. The van der Waals surface area contributed by atoms with E-state index in [0.29, 0.717) is 37.2 Å². The fourth-order valence-corrected chi connectivity index (χ4v) is 4.08. The Morgan fingerprint density at radius 3 is 2.42 bits per heavy atom. The number of rotatable bonds is 5. The normalized spacial score (nSPS) is 14.2. The molecule has 0 atom stereocenters. The Kier molecular flexibility index (Phi) is 6.53. The van der Waals surface area contributed by atoms with Crippen LogP contribution in [0.3, 0.4) is 0 Å². The van der Waals surface area contributed by atoms with Crippen LogP contribution in [0.25, 0.3) is 10.8 Å². The molecule has 3 amide bonds. The number of esters is 1. The second-order valence-electron chi connectivity index (χ2n) is 8.08. The smallest absolute Gasteiger partial charge is 0.309 e. The molecule has 0 radical (unpaired) electrons. The number of amides is 3. The van der Waals surface area contributed by atoms with Crippen molar-refractivity contribution in [2.45, 2.75) is 12.8 Å². The van der Waals surface area contributed by atoms with Crippen LogP contribution in [0.1, 0.15) is 33.7 Å². The van der Waals surface area contributed by atoms with Gasteiger partial charge in [-0.25, -0.2) is 0 Å². The minimum atomic E-state index is -0.682. The molecule has 170 valence electrons. The van der Waals surface area contributed by atoms with Crippen molar-refractivity contribution in [2.24, 2.45) is 13.0 Å². The lowest BCUT2D eigenvalue weighted by atomic mass is 9.95. The van der Waals surface area contributed by atoms with Crippen LogP contribution in [0.4, 0.5) is 0 Å². The number of carbonyl (C=O) groups is 4. The molecule has 2 aromatic carbocycles. The minimum Gasteiger partial charge on any atom is -0.455 e. The summed E-state index contributed by atoms with van der Waals surface area (Å²) >= 11 is 0. The number of aromatic nitrogens is 1. The zero-order valence-corrected chi connectivity index (χ0v) is 18.3. The zero-order chi connectivity index (χ0) is 23.4. The molecule has 0 unspecified atom stereocenters. The number of benzene rings is 2. The lowest BCUT2D eigenvalue weighted by Gasteiger charge is -2.31. The minimum absolute atomic E-state index is 0.0582. The molecule has 33 heavy (non-hydrogen) atoms. The predicted octanol–water partition coefficient (Wildman–Crippen LogP) is 2.53. The number of likely N-dealkylation sites (tertiary alicyclic amines) is 1. The highest BCUT2D eigenvalue weighted by molar-refractivity contribution is 6.07. The zero-order valence-electron chi connectivity index (χ0n) is 18.3. The highest BCUT2D eigenvalue weighted by Crippen LogP contribution is 2.24. The number of hydrogen-bond donors (Lipinski definition) is 1. The number of carbonyl (C=O) groups excluding carboxylic acids is 4. The lowest BCUT2D eigenvalue weighted by molar-refractivity contribution is -0.153. The van der Waals surface area contributed by atoms with Crippen molar-refractivity contribution in [3.05, 3.63) is 72.1 Å². The monoisotopic (exact) mass is 447 g/mol.